The molecule has 0 aliphatic carbocycles. The van der Waals surface area contributed by atoms with Gasteiger partial charge in [0.2, 0.25) is 0 Å². The quantitative estimate of drug-likeness (QED) is 0.342. The SMILES string of the molecule is C=CCP(CC=C)CCCP(CC=C)CC=C. The van der Waals surface area contributed by atoms with Gasteiger partial charge in [0.05, 0.1) is 0 Å². The van der Waals surface area contributed by atoms with Crippen molar-refractivity contribution < 1.29 is 0 Å². The molecule has 0 radical (unpaired) electrons. The Hall–Kier alpha value is -0.180. The average molecular weight is 268 g/mol. The van der Waals surface area contributed by atoms with Crippen LogP contribution in [0.4, 0.5) is 0 Å². The van der Waals surface area contributed by atoms with Gasteiger partial charge in [-0.2, -0.15) is 0 Å². The molecule has 0 saturated heterocycles. The van der Waals surface area contributed by atoms with Crippen molar-refractivity contribution in [3.63, 3.8) is 0 Å². The second-order valence-corrected chi connectivity index (χ2v) is 9.07. The smallest absolute Gasteiger partial charge is 0.0145 e. The van der Waals surface area contributed by atoms with Crippen LogP contribution in [0.2, 0.25) is 0 Å². The largest absolute Gasteiger partial charge is 0.103 e. The first-order valence-electron chi connectivity index (χ1n) is 6.16. The van der Waals surface area contributed by atoms with E-state index >= 15 is 0 Å². The minimum Gasteiger partial charge on any atom is -0.103 e. The Morgan fingerprint density at radius 1 is 0.588 bits per heavy atom. The molecule has 0 atom stereocenters. The maximum Gasteiger partial charge on any atom is -0.0145 e. The van der Waals surface area contributed by atoms with E-state index in [1.807, 2.05) is 0 Å². The summed E-state index contributed by atoms with van der Waals surface area (Å²) in [5.41, 5.74) is 0. The van der Waals surface area contributed by atoms with Gasteiger partial charge in [0.1, 0.15) is 0 Å². The minimum atomic E-state index is 0.113. The molecule has 0 aliphatic rings. The normalized spacial score (nSPS) is 10.5. The van der Waals surface area contributed by atoms with Gasteiger partial charge in [-0.15, -0.1) is 26.3 Å². The molecule has 0 amide bonds. The molecule has 0 rings (SSSR count). The van der Waals surface area contributed by atoms with E-state index in [1.54, 1.807) is 0 Å². The monoisotopic (exact) mass is 268 g/mol. The predicted molar refractivity (Wildman–Crippen MR) is 88.4 cm³/mol. The highest BCUT2D eigenvalue weighted by molar-refractivity contribution is 7.59. The van der Waals surface area contributed by atoms with E-state index < -0.39 is 0 Å². The summed E-state index contributed by atoms with van der Waals surface area (Å²) in [6.07, 6.45) is 17.0. The number of rotatable bonds is 12. The summed E-state index contributed by atoms with van der Waals surface area (Å²) < 4.78 is 0. The van der Waals surface area contributed by atoms with Crippen LogP contribution in [-0.4, -0.2) is 37.0 Å². The molecule has 2 heteroatoms. The van der Waals surface area contributed by atoms with Crippen molar-refractivity contribution in [1.29, 1.82) is 0 Å². The number of allylic oxidation sites excluding steroid dienone is 4. The van der Waals surface area contributed by atoms with E-state index in [0.717, 1.165) is 0 Å². The minimum absolute atomic E-state index is 0.113. The van der Waals surface area contributed by atoms with Crippen molar-refractivity contribution in [1.82, 2.24) is 0 Å². The van der Waals surface area contributed by atoms with Gasteiger partial charge in [-0.05, 0) is 43.4 Å². The van der Waals surface area contributed by atoms with Crippen LogP contribution in [0, 0.1) is 0 Å². The lowest BCUT2D eigenvalue weighted by Gasteiger charge is -2.17. The fourth-order valence-electron chi connectivity index (χ4n) is 1.76. The summed E-state index contributed by atoms with van der Waals surface area (Å²) in [7, 11) is 0.225. The zero-order chi connectivity index (χ0) is 12.9. The van der Waals surface area contributed by atoms with Crippen molar-refractivity contribution in [2.24, 2.45) is 0 Å². The first-order valence-corrected chi connectivity index (χ1v) is 9.96. The number of hydrogen-bond donors (Lipinski definition) is 0. The van der Waals surface area contributed by atoms with Gasteiger partial charge < -0.3 is 0 Å². The van der Waals surface area contributed by atoms with Gasteiger partial charge in [-0.3, -0.25) is 0 Å². The highest BCUT2D eigenvalue weighted by Crippen LogP contribution is 2.40. The van der Waals surface area contributed by atoms with Crippen LogP contribution in [0.3, 0.4) is 0 Å². The molecule has 0 aromatic carbocycles. The first-order chi connectivity index (χ1) is 8.28. The Kier molecular flexibility index (Phi) is 12.2. The summed E-state index contributed by atoms with van der Waals surface area (Å²) in [5, 5.41) is 0. The standard InChI is InChI=1S/C15H26P2/c1-5-10-16(11-6-2)14-9-15-17(12-7-3)13-8-4/h5-8H,1-4,9-15H2. The van der Waals surface area contributed by atoms with Crippen LogP contribution in [0.25, 0.3) is 0 Å². The summed E-state index contributed by atoms with van der Waals surface area (Å²) in [6.45, 7) is 15.4. The van der Waals surface area contributed by atoms with Gasteiger partial charge in [-0.1, -0.05) is 40.1 Å². The summed E-state index contributed by atoms with van der Waals surface area (Å²) in [4.78, 5) is 0. The summed E-state index contributed by atoms with van der Waals surface area (Å²) in [5.74, 6) is 0. The zero-order valence-electron chi connectivity index (χ0n) is 11.0. The molecule has 0 unspecified atom stereocenters. The Morgan fingerprint density at radius 3 is 1.12 bits per heavy atom. The first kappa shape index (κ1) is 16.8. The lowest BCUT2D eigenvalue weighted by Crippen LogP contribution is -1.97. The molecule has 0 saturated carbocycles. The van der Waals surface area contributed by atoms with Crippen LogP contribution >= 0.6 is 15.8 Å². The zero-order valence-corrected chi connectivity index (χ0v) is 12.8. The number of hydrogen-bond acceptors (Lipinski definition) is 0. The molecule has 0 aromatic rings. The van der Waals surface area contributed by atoms with Crippen molar-refractivity contribution in [3.8, 4) is 0 Å². The lowest BCUT2D eigenvalue weighted by molar-refractivity contribution is 1.09. The third-order valence-electron chi connectivity index (χ3n) is 2.50. The second-order valence-electron chi connectivity index (χ2n) is 4.03. The van der Waals surface area contributed by atoms with E-state index in [0.29, 0.717) is 0 Å². The Balaban J connectivity index is 3.88. The lowest BCUT2D eigenvalue weighted by atomic mass is 10.6. The van der Waals surface area contributed by atoms with E-state index in [1.165, 1.54) is 43.4 Å². The molecule has 96 valence electrons. The van der Waals surface area contributed by atoms with Crippen LogP contribution in [-0.2, 0) is 0 Å². The fraction of sp³-hybridized carbons (Fsp3) is 0.467. The van der Waals surface area contributed by atoms with E-state index in [2.05, 4.69) is 50.6 Å². The van der Waals surface area contributed by atoms with Crippen LogP contribution < -0.4 is 0 Å². The van der Waals surface area contributed by atoms with Crippen LogP contribution in [0.15, 0.2) is 50.6 Å². The highest BCUT2D eigenvalue weighted by Gasteiger charge is 2.07. The van der Waals surface area contributed by atoms with Gasteiger partial charge in [0.15, 0.2) is 0 Å². The Morgan fingerprint density at radius 2 is 0.882 bits per heavy atom. The fourth-order valence-corrected chi connectivity index (χ4v) is 5.71. The van der Waals surface area contributed by atoms with Crippen molar-refractivity contribution in [2.45, 2.75) is 6.42 Å². The van der Waals surface area contributed by atoms with Gasteiger partial charge in [-0.25, -0.2) is 0 Å². The molecule has 0 aromatic heterocycles. The van der Waals surface area contributed by atoms with Crippen LogP contribution in [0.5, 0.6) is 0 Å². The summed E-state index contributed by atoms with van der Waals surface area (Å²) >= 11 is 0. The molecular weight excluding hydrogens is 242 g/mol. The maximum absolute atomic E-state index is 3.84. The summed E-state index contributed by atoms with van der Waals surface area (Å²) in [6, 6.07) is 0. The predicted octanol–water partition coefficient (Wildman–Crippen LogP) is 5.08. The molecule has 0 heterocycles. The molecule has 17 heavy (non-hydrogen) atoms. The van der Waals surface area contributed by atoms with E-state index in [4.69, 9.17) is 0 Å². The van der Waals surface area contributed by atoms with Gasteiger partial charge in [0.25, 0.3) is 0 Å². The molecule has 0 aliphatic heterocycles. The maximum atomic E-state index is 3.84. The van der Waals surface area contributed by atoms with Gasteiger partial charge in [0, 0.05) is 0 Å². The topological polar surface area (TPSA) is 0 Å². The molecule has 0 spiro atoms. The van der Waals surface area contributed by atoms with E-state index in [9.17, 15) is 0 Å². The molecule has 0 fully saturated rings. The third kappa shape index (κ3) is 9.51. The van der Waals surface area contributed by atoms with Gasteiger partial charge >= 0.3 is 0 Å². The van der Waals surface area contributed by atoms with Crippen molar-refractivity contribution >= 4 is 15.8 Å². The second kappa shape index (κ2) is 12.3. The van der Waals surface area contributed by atoms with Crippen molar-refractivity contribution in [3.05, 3.63) is 50.6 Å². The molecular formula is C15H26P2. The van der Waals surface area contributed by atoms with E-state index in [-0.39, 0.29) is 15.8 Å². The average Bonchev–Trinajstić information content (AvgIpc) is 2.30. The van der Waals surface area contributed by atoms with Crippen LogP contribution in [0.1, 0.15) is 6.42 Å². The molecule has 0 N–H and O–H groups in total. The molecule has 0 nitrogen and oxygen atoms in total. The highest BCUT2D eigenvalue weighted by atomic mass is 31.1. The third-order valence-corrected chi connectivity index (χ3v) is 7.49. The molecule has 0 bridgehead atoms. The Labute approximate surface area is 110 Å². The van der Waals surface area contributed by atoms with Crippen molar-refractivity contribution in [2.75, 3.05) is 37.0 Å². The Bertz CT molecular complexity index is 189.